The van der Waals surface area contributed by atoms with Gasteiger partial charge in [0, 0.05) is 16.5 Å². The van der Waals surface area contributed by atoms with Crippen LogP contribution in [0.1, 0.15) is 30.4 Å². The third kappa shape index (κ3) is 5.90. The normalized spacial score (nSPS) is 15.5. The summed E-state index contributed by atoms with van der Waals surface area (Å²) >= 11 is 6.11. The average molecular weight is 480 g/mol. The summed E-state index contributed by atoms with van der Waals surface area (Å²) in [5, 5.41) is 9.93. The number of benzene rings is 3. The largest absolute Gasteiger partial charge is 0.493 e. The number of aliphatic carboxylic acids is 1. The van der Waals surface area contributed by atoms with Crippen LogP contribution in [-0.4, -0.2) is 23.7 Å². The topological polar surface area (TPSA) is 77.0 Å². The number of carbonyl (C=O) groups is 1. The van der Waals surface area contributed by atoms with E-state index in [0.717, 1.165) is 28.0 Å². The van der Waals surface area contributed by atoms with Crippen molar-refractivity contribution >= 4 is 17.6 Å². The molecule has 0 saturated carbocycles. The van der Waals surface area contributed by atoms with Gasteiger partial charge in [0.05, 0.1) is 19.1 Å². The van der Waals surface area contributed by atoms with Crippen molar-refractivity contribution in [1.82, 2.24) is 5.48 Å². The van der Waals surface area contributed by atoms with Crippen LogP contribution in [0.25, 0.3) is 11.1 Å². The molecule has 0 aliphatic carbocycles. The van der Waals surface area contributed by atoms with Crippen LogP contribution in [0.2, 0.25) is 5.02 Å². The van der Waals surface area contributed by atoms with Gasteiger partial charge in [-0.1, -0.05) is 48.0 Å². The molecule has 1 heterocycles. The number of nitrogens with one attached hydrogen (secondary N) is 1. The first-order valence-corrected chi connectivity index (χ1v) is 11.5. The number of carboxylic acid groups (broad SMARTS) is 1. The molecule has 1 aliphatic heterocycles. The lowest BCUT2D eigenvalue weighted by Crippen LogP contribution is -2.29. The zero-order valence-electron chi connectivity index (χ0n) is 18.7. The predicted octanol–water partition coefficient (Wildman–Crippen LogP) is 5.96. The van der Waals surface area contributed by atoms with Gasteiger partial charge in [-0.05, 0) is 60.0 Å². The van der Waals surface area contributed by atoms with E-state index in [-0.39, 0.29) is 18.4 Å². The summed E-state index contributed by atoms with van der Waals surface area (Å²) in [6.45, 7) is 2.93. The molecular weight excluding hydrogens is 454 g/mol. The number of hydroxylamine groups is 1. The molecule has 0 bridgehead atoms. The Hall–Kier alpha value is -3.48. The van der Waals surface area contributed by atoms with E-state index in [2.05, 4.69) is 5.48 Å². The van der Waals surface area contributed by atoms with Crippen LogP contribution >= 0.6 is 11.6 Å². The zero-order valence-corrected chi connectivity index (χ0v) is 19.5. The Balaban J connectivity index is 1.40. The summed E-state index contributed by atoms with van der Waals surface area (Å²) < 4.78 is 11.7. The zero-order chi connectivity index (χ0) is 23.9. The molecule has 0 aromatic heterocycles. The average Bonchev–Trinajstić information content (AvgIpc) is 3.37. The molecule has 2 N–H and O–H groups in total. The minimum atomic E-state index is -0.858. The van der Waals surface area contributed by atoms with Gasteiger partial charge < -0.3 is 19.4 Å². The van der Waals surface area contributed by atoms with Crippen LogP contribution in [0.15, 0.2) is 79.1 Å². The van der Waals surface area contributed by atoms with Crippen molar-refractivity contribution in [2.75, 3.05) is 6.61 Å². The number of hydrogen-bond donors (Lipinski definition) is 2. The van der Waals surface area contributed by atoms with E-state index in [1.807, 2.05) is 79.7 Å². The second-order valence-corrected chi connectivity index (χ2v) is 8.36. The Bertz CT molecular complexity index is 1140. The fourth-order valence-electron chi connectivity index (χ4n) is 3.91. The maximum Gasteiger partial charge on any atom is 0.304 e. The molecular formula is C27H26ClNO5. The van der Waals surface area contributed by atoms with Crippen LogP contribution in [0, 0.1) is 0 Å². The highest BCUT2D eigenvalue weighted by molar-refractivity contribution is 6.30. The predicted molar refractivity (Wildman–Crippen MR) is 131 cm³/mol. The lowest BCUT2D eigenvalue weighted by Gasteiger charge is -2.20. The molecule has 2 atom stereocenters. The van der Waals surface area contributed by atoms with Crippen LogP contribution in [0.4, 0.5) is 0 Å². The molecule has 3 aromatic carbocycles. The molecule has 7 heteroatoms. The summed E-state index contributed by atoms with van der Waals surface area (Å²) in [7, 11) is 0. The number of ether oxygens (including phenoxy) is 2. The molecule has 0 amide bonds. The molecule has 3 aromatic rings. The Kier molecular flexibility index (Phi) is 7.72. The Morgan fingerprint density at radius 2 is 1.85 bits per heavy atom. The van der Waals surface area contributed by atoms with Gasteiger partial charge in [-0.25, -0.2) is 0 Å². The molecule has 0 saturated heterocycles. The molecule has 0 radical (unpaired) electrons. The first-order valence-electron chi connectivity index (χ1n) is 11.1. The summed E-state index contributed by atoms with van der Waals surface area (Å²) in [6, 6.07) is 21.1. The lowest BCUT2D eigenvalue weighted by molar-refractivity contribution is -0.137. The smallest absolute Gasteiger partial charge is 0.304 e. The lowest BCUT2D eigenvalue weighted by atomic mass is 9.89. The molecule has 4 rings (SSSR count). The van der Waals surface area contributed by atoms with Crippen molar-refractivity contribution in [1.29, 1.82) is 0 Å². The summed E-state index contributed by atoms with van der Waals surface area (Å²) in [4.78, 5) is 16.4. The van der Waals surface area contributed by atoms with Gasteiger partial charge in [-0.15, -0.1) is 5.48 Å². The van der Waals surface area contributed by atoms with Gasteiger partial charge in [-0.2, -0.15) is 0 Å². The summed E-state index contributed by atoms with van der Waals surface area (Å²) in [5.74, 6) is 0.370. The van der Waals surface area contributed by atoms with Crippen molar-refractivity contribution in [3.05, 3.63) is 95.2 Å². The molecule has 6 nitrogen and oxygen atoms in total. The molecule has 34 heavy (non-hydrogen) atoms. The van der Waals surface area contributed by atoms with E-state index in [4.69, 9.17) is 25.9 Å². The quantitative estimate of drug-likeness (QED) is 0.373. The maximum atomic E-state index is 11.3. The first kappa shape index (κ1) is 23.7. The standard InChI is InChI=1S/C27H26ClNO5/c1-2-32-26-15-21(28)9-12-23(26)19-5-3-18(4-6-19)17-33-22-10-7-20(8-11-22)24(16-27(30)31)25-13-14-34-29-25/h3-15,24-25,29H,2,16-17H2,1H3,(H,30,31)/t24-,25?/m1/s1. The number of halogens is 1. The SMILES string of the molecule is CCOc1cc(Cl)ccc1-c1ccc(COc2ccc([C@@H](CC(=O)O)C3C=CON3)cc2)cc1. The van der Waals surface area contributed by atoms with Crippen LogP contribution in [-0.2, 0) is 16.2 Å². The van der Waals surface area contributed by atoms with Gasteiger partial charge in [0.25, 0.3) is 0 Å². The van der Waals surface area contributed by atoms with Crippen molar-refractivity contribution in [2.45, 2.75) is 31.9 Å². The Labute approximate surface area is 203 Å². The fourth-order valence-corrected chi connectivity index (χ4v) is 4.07. The van der Waals surface area contributed by atoms with E-state index < -0.39 is 5.97 Å². The maximum absolute atomic E-state index is 11.3. The van der Waals surface area contributed by atoms with E-state index in [1.165, 1.54) is 6.26 Å². The van der Waals surface area contributed by atoms with E-state index in [1.54, 1.807) is 0 Å². The van der Waals surface area contributed by atoms with E-state index in [9.17, 15) is 9.90 Å². The minimum Gasteiger partial charge on any atom is -0.493 e. The third-order valence-electron chi connectivity index (χ3n) is 5.61. The molecule has 176 valence electrons. The van der Waals surface area contributed by atoms with Gasteiger partial charge in [-0.3, -0.25) is 4.79 Å². The highest BCUT2D eigenvalue weighted by atomic mass is 35.5. The molecule has 1 unspecified atom stereocenters. The molecule has 0 spiro atoms. The number of carboxylic acids is 1. The van der Waals surface area contributed by atoms with Crippen molar-refractivity contribution in [3.8, 4) is 22.6 Å². The van der Waals surface area contributed by atoms with Gasteiger partial charge >= 0.3 is 5.97 Å². The van der Waals surface area contributed by atoms with Crippen molar-refractivity contribution in [3.63, 3.8) is 0 Å². The summed E-state index contributed by atoms with van der Waals surface area (Å²) in [6.07, 6.45) is 3.35. The fraction of sp³-hybridized carbons (Fsp3) is 0.222. The Morgan fingerprint density at radius 3 is 2.50 bits per heavy atom. The number of rotatable bonds is 10. The van der Waals surface area contributed by atoms with Gasteiger partial charge in [0.1, 0.15) is 24.4 Å². The van der Waals surface area contributed by atoms with Crippen LogP contribution in [0.5, 0.6) is 11.5 Å². The van der Waals surface area contributed by atoms with Crippen LogP contribution in [0.3, 0.4) is 0 Å². The minimum absolute atomic E-state index is 0.00342. The van der Waals surface area contributed by atoms with Gasteiger partial charge in [0.15, 0.2) is 0 Å². The second-order valence-electron chi connectivity index (χ2n) is 7.92. The highest BCUT2D eigenvalue weighted by Crippen LogP contribution is 2.33. The van der Waals surface area contributed by atoms with Crippen LogP contribution < -0.4 is 15.0 Å². The van der Waals surface area contributed by atoms with E-state index >= 15 is 0 Å². The number of hydrogen-bond acceptors (Lipinski definition) is 5. The Morgan fingerprint density at radius 1 is 1.09 bits per heavy atom. The molecule has 1 aliphatic rings. The van der Waals surface area contributed by atoms with Crippen molar-refractivity contribution in [2.24, 2.45) is 0 Å². The van der Waals surface area contributed by atoms with Gasteiger partial charge in [0.2, 0.25) is 0 Å². The summed E-state index contributed by atoms with van der Waals surface area (Å²) in [5.41, 5.74) is 6.79. The first-order chi connectivity index (χ1) is 16.5. The van der Waals surface area contributed by atoms with Crippen molar-refractivity contribution < 1.29 is 24.2 Å². The highest BCUT2D eigenvalue weighted by Gasteiger charge is 2.26. The second kappa shape index (κ2) is 11.1. The monoisotopic (exact) mass is 479 g/mol. The molecule has 0 fully saturated rings. The third-order valence-corrected chi connectivity index (χ3v) is 5.84. The van der Waals surface area contributed by atoms with E-state index in [0.29, 0.717) is 24.0 Å².